The molecule has 0 heterocycles. The molecule has 0 aromatic heterocycles. The normalized spacial score (nSPS) is 17.2. The fourth-order valence-corrected chi connectivity index (χ4v) is 2.74. The summed E-state index contributed by atoms with van der Waals surface area (Å²) in [5.74, 6) is -1.94. The van der Waals surface area contributed by atoms with Crippen LogP contribution in [0, 0.1) is 0 Å². The van der Waals surface area contributed by atoms with Gasteiger partial charge in [-0.25, -0.2) is 16.8 Å². The number of hydrogen-bond donors (Lipinski definition) is 2. The minimum Gasteiger partial charge on any atom is -0.748 e. The van der Waals surface area contributed by atoms with Gasteiger partial charge in [0, 0.05) is 0 Å². The summed E-state index contributed by atoms with van der Waals surface area (Å²) in [5, 5.41) is 13.2. The fourth-order valence-electron chi connectivity index (χ4n) is 0.645. The molecule has 0 saturated carbocycles. The maximum atomic E-state index is 9.85. The number of aliphatic hydroxyl groups is 2. The van der Waals surface area contributed by atoms with Gasteiger partial charge in [0.15, 0.2) is 0 Å². The first-order chi connectivity index (χ1) is 7.41. The van der Waals surface area contributed by atoms with Crippen molar-refractivity contribution in [2.24, 2.45) is 0 Å². The third-order valence-electron chi connectivity index (χ3n) is 0.880. The maximum absolute atomic E-state index is 9.85. The van der Waals surface area contributed by atoms with E-state index < -0.39 is 41.9 Å². The van der Waals surface area contributed by atoms with Gasteiger partial charge in [-0.3, -0.25) is 0 Å². The zero-order chi connectivity index (χ0) is 15.4. The molecular formula is C6H12Cl2Na2O8S2. The van der Waals surface area contributed by atoms with Gasteiger partial charge in [-0.05, 0) is 13.8 Å². The van der Waals surface area contributed by atoms with Crippen LogP contribution in [0.15, 0.2) is 0 Å². The molecule has 20 heavy (non-hydrogen) atoms. The Hall–Kier alpha value is 2.32. The molecule has 112 valence electrons. The topological polar surface area (TPSA) is 155 Å². The summed E-state index contributed by atoms with van der Waals surface area (Å²) >= 11 is 9.99. The Balaban J connectivity index is -0.000000116. The van der Waals surface area contributed by atoms with Crippen molar-refractivity contribution < 1.29 is 95.3 Å². The van der Waals surface area contributed by atoms with E-state index in [0.717, 1.165) is 13.8 Å². The van der Waals surface area contributed by atoms with E-state index in [-0.39, 0.29) is 59.1 Å². The summed E-state index contributed by atoms with van der Waals surface area (Å²) in [4.78, 5) is 0. The van der Waals surface area contributed by atoms with Crippen LogP contribution in [0.3, 0.4) is 0 Å². The van der Waals surface area contributed by atoms with Gasteiger partial charge in [-0.15, -0.1) is 0 Å². The predicted molar refractivity (Wildman–Crippen MR) is 62.1 cm³/mol. The summed E-state index contributed by atoms with van der Waals surface area (Å²) in [6.07, 6.45) is 0. The first kappa shape index (κ1) is 30.2. The molecule has 0 aromatic carbocycles. The van der Waals surface area contributed by atoms with Crippen LogP contribution in [0.4, 0.5) is 0 Å². The van der Waals surface area contributed by atoms with Crippen LogP contribution < -0.4 is 59.1 Å². The summed E-state index contributed by atoms with van der Waals surface area (Å²) in [5.41, 5.74) is 0. The van der Waals surface area contributed by atoms with E-state index in [2.05, 4.69) is 0 Å². The van der Waals surface area contributed by atoms with Crippen LogP contribution in [0.5, 0.6) is 0 Å². The van der Waals surface area contributed by atoms with Gasteiger partial charge in [0.25, 0.3) is 0 Å². The summed E-state index contributed by atoms with van der Waals surface area (Å²) < 4.78 is 59.1. The molecule has 0 aliphatic heterocycles. The van der Waals surface area contributed by atoms with Crippen LogP contribution in [-0.2, 0) is 20.2 Å². The third kappa shape index (κ3) is 37.0. The zero-order valence-electron chi connectivity index (χ0n) is 11.3. The van der Waals surface area contributed by atoms with Crippen molar-refractivity contribution in [1.29, 1.82) is 0 Å². The largest absolute Gasteiger partial charge is 1.00 e. The van der Waals surface area contributed by atoms with E-state index in [4.69, 9.17) is 33.4 Å². The van der Waals surface area contributed by atoms with E-state index in [1.807, 2.05) is 0 Å². The van der Waals surface area contributed by atoms with Crippen LogP contribution in [-0.4, -0.2) is 57.8 Å². The molecule has 14 heteroatoms. The summed E-state index contributed by atoms with van der Waals surface area (Å²) in [7, 11) is -8.83. The summed E-state index contributed by atoms with van der Waals surface area (Å²) in [6.45, 7) is 2.06. The van der Waals surface area contributed by atoms with Crippen molar-refractivity contribution in [2.45, 2.75) is 24.0 Å². The van der Waals surface area contributed by atoms with E-state index in [1.54, 1.807) is 0 Å². The van der Waals surface area contributed by atoms with Gasteiger partial charge in [0.05, 0.1) is 31.7 Å². The molecule has 0 aromatic rings. The monoisotopic (exact) mass is 392 g/mol. The molecule has 8 nitrogen and oxygen atoms in total. The Bertz CT molecular complexity index is 406. The third-order valence-corrected chi connectivity index (χ3v) is 3.30. The Labute approximate surface area is 172 Å². The van der Waals surface area contributed by atoms with Crippen molar-refractivity contribution in [1.82, 2.24) is 0 Å². The molecule has 2 N–H and O–H groups in total. The summed E-state index contributed by atoms with van der Waals surface area (Å²) in [6, 6.07) is 0. The van der Waals surface area contributed by atoms with E-state index in [9.17, 15) is 25.9 Å². The average Bonchev–Trinajstić information content (AvgIpc) is 1.64. The first-order valence-electron chi connectivity index (χ1n) is 4.11. The van der Waals surface area contributed by atoms with E-state index >= 15 is 0 Å². The molecule has 2 atom stereocenters. The van der Waals surface area contributed by atoms with E-state index in [1.165, 1.54) is 0 Å². The second kappa shape index (κ2) is 11.0. The standard InChI is InChI=1S/2C3H7ClO4S.2Na/c2*1-3(4,5)2-9(6,7)8;;/h2*5H,2H2,1H3,(H,6,7,8);;/q;;2*+1/p-2. The Morgan fingerprint density at radius 2 is 1.00 bits per heavy atom. The molecule has 0 aliphatic carbocycles. The molecule has 0 saturated heterocycles. The van der Waals surface area contributed by atoms with Crippen molar-refractivity contribution in [3.8, 4) is 0 Å². The molecule has 0 spiro atoms. The SMILES string of the molecule is CC(O)(Cl)CS(=O)(=O)[O-].CC(O)(Cl)CS(=O)(=O)[O-].[Na+].[Na+]. The zero-order valence-corrected chi connectivity index (χ0v) is 18.5. The fraction of sp³-hybridized carbons (Fsp3) is 1.00. The Kier molecular flexibility index (Phi) is 16.6. The molecule has 0 aliphatic rings. The minimum absolute atomic E-state index is 0. The van der Waals surface area contributed by atoms with Crippen LogP contribution in [0.2, 0.25) is 0 Å². The molecule has 0 radical (unpaired) electrons. The first-order valence-corrected chi connectivity index (χ1v) is 8.02. The average molecular weight is 393 g/mol. The van der Waals surface area contributed by atoms with Gasteiger partial charge >= 0.3 is 59.1 Å². The van der Waals surface area contributed by atoms with Crippen LogP contribution in [0.25, 0.3) is 0 Å². The molecule has 0 bridgehead atoms. The van der Waals surface area contributed by atoms with Crippen molar-refractivity contribution in [3.05, 3.63) is 0 Å². The molecular weight excluding hydrogens is 381 g/mol. The van der Waals surface area contributed by atoms with Gasteiger partial charge in [0.1, 0.15) is 10.1 Å². The van der Waals surface area contributed by atoms with Crippen molar-refractivity contribution >= 4 is 43.4 Å². The van der Waals surface area contributed by atoms with Gasteiger partial charge in [-0.2, -0.15) is 0 Å². The maximum Gasteiger partial charge on any atom is 1.00 e. The number of alkyl halides is 2. The number of rotatable bonds is 4. The van der Waals surface area contributed by atoms with Gasteiger partial charge < -0.3 is 19.3 Å². The van der Waals surface area contributed by atoms with Gasteiger partial charge in [0.2, 0.25) is 0 Å². The molecule has 0 amide bonds. The Morgan fingerprint density at radius 3 is 1.00 bits per heavy atom. The number of halogens is 2. The van der Waals surface area contributed by atoms with Crippen molar-refractivity contribution in [3.63, 3.8) is 0 Å². The van der Waals surface area contributed by atoms with Crippen LogP contribution in [0.1, 0.15) is 13.8 Å². The smallest absolute Gasteiger partial charge is 0.748 e. The van der Waals surface area contributed by atoms with Crippen LogP contribution >= 0.6 is 23.2 Å². The molecule has 2 unspecified atom stereocenters. The van der Waals surface area contributed by atoms with Gasteiger partial charge in [-0.1, -0.05) is 23.2 Å². The molecule has 0 fully saturated rings. The Morgan fingerprint density at radius 1 is 0.850 bits per heavy atom. The number of hydrogen-bond acceptors (Lipinski definition) is 8. The predicted octanol–water partition coefficient (Wildman–Crippen LogP) is -7.03. The van der Waals surface area contributed by atoms with E-state index in [0.29, 0.717) is 0 Å². The molecule has 0 rings (SSSR count). The minimum atomic E-state index is -4.41. The second-order valence-corrected chi connectivity index (χ2v) is 8.13. The quantitative estimate of drug-likeness (QED) is 0.271. The van der Waals surface area contributed by atoms with Crippen molar-refractivity contribution in [2.75, 3.05) is 11.5 Å². The second-order valence-electron chi connectivity index (χ2n) is 3.69.